The lowest BCUT2D eigenvalue weighted by Crippen LogP contribution is -2.32. The third kappa shape index (κ3) is 5.53. The molecular weight excluding hydrogens is 524 g/mol. The summed E-state index contributed by atoms with van der Waals surface area (Å²) < 4.78 is 10.8. The molecule has 38 heavy (non-hydrogen) atoms. The topological polar surface area (TPSA) is 106 Å². The summed E-state index contributed by atoms with van der Waals surface area (Å²) in [6, 6.07) is 19.8. The molecule has 0 aliphatic heterocycles. The number of methoxy groups -OCH3 is 1. The highest BCUT2D eigenvalue weighted by Gasteiger charge is 2.23. The zero-order chi connectivity index (χ0) is 26.6. The Kier molecular flexibility index (Phi) is 7.39. The molecule has 0 aliphatic carbocycles. The van der Waals surface area contributed by atoms with Gasteiger partial charge in [0.15, 0.2) is 11.2 Å². The van der Waals surface area contributed by atoms with E-state index in [9.17, 15) is 9.59 Å². The first-order valence-corrected chi connectivity index (χ1v) is 13.1. The fourth-order valence-corrected chi connectivity index (χ4v) is 4.66. The van der Waals surface area contributed by atoms with Gasteiger partial charge in [-0.05, 0) is 61.0 Å². The Morgan fingerprint density at radius 1 is 1.03 bits per heavy atom. The number of anilines is 1. The molecule has 0 radical (unpaired) electrons. The standard InChI is InChI=1S/C28H23ClN4O4S/c1-3-24(26(34)33-28-32-23(15-38-28)16-4-9-19(29)10-5-16)37-27(35)18-8-13-21-22(14-18)31-25(30-21)17-6-11-20(36-2)12-7-17/h4-15,24H,3H2,1-2H3,(H,30,31)(H,32,33,34). The molecule has 2 heterocycles. The van der Waals surface area contributed by atoms with E-state index in [1.165, 1.54) is 11.3 Å². The van der Waals surface area contributed by atoms with Crippen LogP contribution in [0.15, 0.2) is 72.1 Å². The number of carbonyl (C=O) groups is 2. The quantitative estimate of drug-likeness (QED) is 0.213. The first-order valence-electron chi connectivity index (χ1n) is 11.8. The Morgan fingerprint density at radius 2 is 1.76 bits per heavy atom. The first kappa shape index (κ1) is 25.4. The van der Waals surface area contributed by atoms with Gasteiger partial charge in [0.05, 0.1) is 29.4 Å². The number of rotatable bonds is 8. The normalized spacial score (nSPS) is 11.8. The Hall–Kier alpha value is -4.21. The van der Waals surface area contributed by atoms with Crippen LogP contribution < -0.4 is 10.1 Å². The van der Waals surface area contributed by atoms with Crippen molar-refractivity contribution in [3.05, 3.63) is 82.7 Å². The van der Waals surface area contributed by atoms with Crippen LogP contribution in [-0.4, -0.2) is 40.0 Å². The van der Waals surface area contributed by atoms with Crippen LogP contribution >= 0.6 is 22.9 Å². The molecule has 0 aliphatic rings. The summed E-state index contributed by atoms with van der Waals surface area (Å²) in [7, 11) is 1.61. The van der Waals surface area contributed by atoms with Gasteiger partial charge in [0.1, 0.15) is 11.6 Å². The molecule has 1 unspecified atom stereocenters. The van der Waals surface area contributed by atoms with E-state index in [2.05, 4.69) is 20.3 Å². The van der Waals surface area contributed by atoms with Gasteiger partial charge in [0.25, 0.3) is 5.91 Å². The van der Waals surface area contributed by atoms with Gasteiger partial charge in [-0.1, -0.05) is 30.7 Å². The van der Waals surface area contributed by atoms with E-state index in [4.69, 9.17) is 21.1 Å². The number of hydrogen-bond donors (Lipinski definition) is 2. The maximum Gasteiger partial charge on any atom is 0.338 e. The molecule has 5 aromatic rings. The van der Waals surface area contributed by atoms with Gasteiger partial charge in [0.2, 0.25) is 0 Å². The summed E-state index contributed by atoms with van der Waals surface area (Å²) in [5.74, 6) is 0.374. The van der Waals surface area contributed by atoms with Crippen LogP contribution in [0.5, 0.6) is 5.75 Å². The second-order valence-electron chi connectivity index (χ2n) is 8.38. The number of esters is 1. The van der Waals surface area contributed by atoms with E-state index in [1.54, 1.807) is 44.4 Å². The number of hydrogen-bond acceptors (Lipinski definition) is 7. The van der Waals surface area contributed by atoms with Crippen molar-refractivity contribution in [2.24, 2.45) is 0 Å². The number of fused-ring (bicyclic) bond motifs is 1. The van der Waals surface area contributed by atoms with Crippen LogP contribution in [0.25, 0.3) is 33.7 Å². The Balaban J connectivity index is 1.26. The molecule has 3 aromatic carbocycles. The second kappa shape index (κ2) is 11.0. The number of benzene rings is 3. The number of aromatic nitrogens is 3. The highest BCUT2D eigenvalue weighted by molar-refractivity contribution is 7.14. The number of nitrogens with one attached hydrogen (secondary N) is 2. The van der Waals surface area contributed by atoms with Crippen molar-refractivity contribution < 1.29 is 19.1 Å². The van der Waals surface area contributed by atoms with Gasteiger partial charge in [-0.3, -0.25) is 10.1 Å². The number of ether oxygens (including phenoxy) is 2. The summed E-state index contributed by atoms with van der Waals surface area (Å²) in [6.07, 6.45) is -0.668. The van der Waals surface area contributed by atoms with Crippen LogP contribution in [0.1, 0.15) is 23.7 Å². The average molecular weight is 547 g/mol. The van der Waals surface area contributed by atoms with Gasteiger partial charge in [-0.15, -0.1) is 11.3 Å². The van der Waals surface area contributed by atoms with Crippen LogP contribution in [0.3, 0.4) is 0 Å². The summed E-state index contributed by atoms with van der Waals surface area (Å²) in [4.78, 5) is 38.0. The van der Waals surface area contributed by atoms with Gasteiger partial charge in [0, 0.05) is 21.5 Å². The number of H-pyrrole nitrogens is 1. The zero-order valence-electron chi connectivity index (χ0n) is 20.5. The number of imidazole rings is 1. The van der Waals surface area contributed by atoms with Crippen molar-refractivity contribution in [1.29, 1.82) is 0 Å². The van der Waals surface area contributed by atoms with Crippen LogP contribution in [0.2, 0.25) is 5.02 Å². The molecule has 5 rings (SSSR count). The predicted octanol–water partition coefficient (Wildman–Crippen LogP) is 6.59. The Morgan fingerprint density at radius 3 is 2.47 bits per heavy atom. The molecule has 2 N–H and O–H groups in total. The van der Waals surface area contributed by atoms with Crippen molar-refractivity contribution in [3.8, 4) is 28.4 Å². The van der Waals surface area contributed by atoms with Gasteiger partial charge >= 0.3 is 5.97 Å². The lowest BCUT2D eigenvalue weighted by Gasteiger charge is -2.15. The number of aromatic amines is 1. The SMILES string of the molecule is CCC(OC(=O)c1ccc2nc(-c3ccc(OC)cc3)[nH]c2c1)C(=O)Nc1nc(-c2ccc(Cl)cc2)cs1. The zero-order valence-corrected chi connectivity index (χ0v) is 22.1. The van der Waals surface area contributed by atoms with Crippen LogP contribution in [0, 0.1) is 0 Å². The molecule has 0 spiro atoms. The molecule has 2 aromatic heterocycles. The largest absolute Gasteiger partial charge is 0.497 e. The number of nitrogens with zero attached hydrogens (tertiary/aromatic N) is 2. The Labute approximate surface area is 227 Å². The molecule has 8 nitrogen and oxygen atoms in total. The van der Waals surface area contributed by atoms with Gasteiger partial charge in [-0.25, -0.2) is 14.8 Å². The maximum atomic E-state index is 12.9. The minimum absolute atomic E-state index is 0.306. The van der Waals surface area contributed by atoms with Crippen molar-refractivity contribution >= 4 is 51.0 Å². The lowest BCUT2D eigenvalue weighted by molar-refractivity contribution is -0.124. The van der Waals surface area contributed by atoms with E-state index >= 15 is 0 Å². The fraction of sp³-hybridized carbons (Fsp3) is 0.143. The molecule has 0 saturated heterocycles. The molecule has 0 fully saturated rings. The van der Waals surface area contributed by atoms with Crippen molar-refractivity contribution in [2.45, 2.75) is 19.4 Å². The van der Waals surface area contributed by atoms with Crippen molar-refractivity contribution in [2.75, 3.05) is 12.4 Å². The van der Waals surface area contributed by atoms with Crippen LogP contribution in [0.4, 0.5) is 5.13 Å². The lowest BCUT2D eigenvalue weighted by atomic mass is 10.2. The predicted molar refractivity (Wildman–Crippen MR) is 149 cm³/mol. The third-order valence-electron chi connectivity index (χ3n) is 5.87. The van der Waals surface area contributed by atoms with E-state index in [1.807, 2.05) is 41.8 Å². The number of thiazole rings is 1. The second-order valence-corrected chi connectivity index (χ2v) is 9.68. The molecule has 1 amide bonds. The molecule has 0 saturated carbocycles. The minimum atomic E-state index is -0.974. The average Bonchev–Trinajstić information content (AvgIpc) is 3.58. The van der Waals surface area contributed by atoms with Gasteiger partial charge in [-0.2, -0.15) is 0 Å². The number of carbonyl (C=O) groups excluding carboxylic acids is 2. The van der Waals surface area contributed by atoms with E-state index in [0.717, 1.165) is 16.9 Å². The Bertz CT molecular complexity index is 1600. The van der Waals surface area contributed by atoms with E-state index in [0.29, 0.717) is 44.7 Å². The number of amides is 1. The minimum Gasteiger partial charge on any atom is -0.497 e. The highest BCUT2D eigenvalue weighted by atomic mass is 35.5. The molecule has 1 atom stereocenters. The fourth-order valence-electron chi connectivity index (χ4n) is 3.81. The van der Waals surface area contributed by atoms with Crippen molar-refractivity contribution in [3.63, 3.8) is 0 Å². The monoisotopic (exact) mass is 546 g/mol. The van der Waals surface area contributed by atoms with E-state index < -0.39 is 18.0 Å². The highest BCUT2D eigenvalue weighted by Crippen LogP contribution is 2.27. The smallest absolute Gasteiger partial charge is 0.338 e. The van der Waals surface area contributed by atoms with E-state index in [-0.39, 0.29) is 0 Å². The summed E-state index contributed by atoms with van der Waals surface area (Å²) in [6.45, 7) is 1.78. The summed E-state index contributed by atoms with van der Waals surface area (Å²) >= 11 is 7.24. The molecule has 10 heteroatoms. The summed E-state index contributed by atoms with van der Waals surface area (Å²) in [5.41, 5.74) is 4.18. The molecule has 0 bridgehead atoms. The van der Waals surface area contributed by atoms with Crippen molar-refractivity contribution in [1.82, 2.24) is 15.0 Å². The third-order valence-corrected chi connectivity index (χ3v) is 6.88. The summed E-state index contributed by atoms with van der Waals surface area (Å²) in [5, 5.41) is 5.64. The molecule has 192 valence electrons. The number of halogens is 1. The maximum absolute atomic E-state index is 12.9. The van der Waals surface area contributed by atoms with Crippen LogP contribution in [-0.2, 0) is 9.53 Å². The molecular formula is C28H23ClN4O4S. The van der Waals surface area contributed by atoms with Gasteiger partial charge < -0.3 is 14.5 Å². The first-order chi connectivity index (χ1) is 18.4.